The van der Waals surface area contributed by atoms with Crippen LogP contribution in [0.4, 0.5) is 16.1 Å². The molecule has 2 aromatic carbocycles. The Morgan fingerprint density at radius 2 is 1.86 bits per heavy atom. The largest absolute Gasteiger partial charge is 0.366 e. The molecule has 0 saturated carbocycles. The van der Waals surface area contributed by atoms with Gasteiger partial charge in [-0.15, -0.1) is 0 Å². The minimum Gasteiger partial charge on any atom is -0.366 e. The Bertz CT molecular complexity index is 1010. The first-order valence-electron chi connectivity index (χ1n) is 8.91. The number of benzene rings is 2. The minimum absolute atomic E-state index is 0.151. The fourth-order valence-electron chi connectivity index (χ4n) is 3.21. The maximum atomic E-state index is 14.4. The maximum Gasteiger partial charge on any atom is 0.324 e. The van der Waals surface area contributed by atoms with Crippen LogP contribution in [0.3, 0.4) is 0 Å². The van der Waals surface area contributed by atoms with E-state index in [9.17, 15) is 9.18 Å². The van der Waals surface area contributed by atoms with Crippen molar-refractivity contribution in [1.82, 2.24) is 10.1 Å². The molecule has 4 rings (SSSR count). The topological polar surface area (TPSA) is 62.5 Å². The van der Waals surface area contributed by atoms with Crippen LogP contribution < -0.4 is 9.80 Å². The van der Waals surface area contributed by atoms with Crippen molar-refractivity contribution in [3.63, 3.8) is 0 Å². The van der Waals surface area contributed by atoms with Gasteiger partial charge in [-0.3, -0.25) is 4.79 Å². The van der Waals surface area contributed by atoms with E-state index in [1.165, 1.54) is 13.0 Å². The maximum absolute atomic E-state index is 14.4. The molecule has 144 valence electrons. The van der Waals surface area contributed by atoms with E-state index >= 15 is 0 Å². The smallest absolute Gasteiger partial charge is 0.324 e. The molecule has 6 nitrogen and oxygen atoms in total. The summed E-state index contributed by atoms with van der Waals surface area (Å²) in [7, 11) is 0. The van der Waals surface area contributed by atoms with Crippen LogP contribution in [0.5, 0.6) is 0 Å². The van der Waals surface area contributed by atoms with E-state index in [1.54, 1.807) is 24.3 Å². The zero-order chi connectivity index (χ0) is 19.7. The summed E-state index contributed by atoms with van der Waals surface area (Å²) in [6, 6.07) is 12.3. The van der Waals surface area contributed by atoms with Gasteiger partial charge in [0.2, 0.25) is 5.82 Å². The molecule has 1 aliphatic heterocycles. The average molecular weight is 401 g/mol. The molecule has 0 spiro atoms. The molecular formula is C20H18ClFN4O2. The first-order valence-corrected chi connectivity index (χ1v) is 9.29. The van der Waals surface area contributed by atoms with Gasteiger partial charge in [0.15, 0.2) is 5.78 Å². The SMILES string of the molecule is CC(=O)c1ccc(N2CCN(c3nc(-c4cccc(Cl)c4)no3)CC2)c(F)c1. The number of nitrogens with zero attached hydrogens (tertiary/aromatic N) is 4. The van der Waals surface area contributed by atoms with Crippen molar-refractivity contribution in [3.8, 4) is 11.4 Å². The summed E-state index contributed by atoms with van der Waals surface area (Å²) >= 11 is 6.01. The third kappa shape index (κ3) is 3.71. The van der Waals surface area contributed by atoms with E-state index in [-0.39, 0.29) is 11.6 Å². The molecule has 2 heterocycles. The van der Waals surface area contributed by atoms with Crippen molar-refractivity contribution >= 4 is 29.1 Å². The summed E-state index contributed by atoms with van der Waals surface area (Å²) in [5.74, 6) is -0.0600. The van der Waals surface area contributed by atoms with Crippen LogP contribution in [0.1, 0.15) is 17.3 Å². The van der Waals surface area contributed by atoms with Crippen molar-refractivity contribution in [2.45, 2.75) is 6.92 Å². The molecule has 1 fully saturated rings. The predicted molar refractivity (Wildman–Crippen MR) is 106 cm³/mol. The van der Waals surface area contributed by atoms with E-state index in [0.29, 0.717) is 54.3 Å². The lowest BCUT2D eigenvalue weighted by molar-refractivity contribution is 0.101. The number of aromatic nitrogens is 2. The standard InChI is InChI=1S/C20H18ClFN4O2/c1-13(27)14-5-6-18(17(22)12-14)25-7-9-26(10-8-25)20-23-19(24-28-20)15-3-2-4-16(21)11-15/h2-6,11-12H,7-10H2,1H3. The second-order valence-corrected chi connectivity index (χ2v) is 7.04. The van der Waals surface area contributed by atoms with Crippen molar-refractivity contribution in [2.24, 2.45) is 0 Å². The summed E-state index contributed by atoms with van der Waals surface area (Å²) in [5, 5.41) is 4.64. The first kappa shape index (κ1) is 18.4. The van der Waals surface area contributed by atoms with E-state index in [0.717, 1.165) is 5.56 Å². The Hall–Kier alpha value is -2.93. The quantitative estimate of drug-likeness (QED) is 0.615. The van der Waals surface area contributed by atoms with Gasteiger partial charge in [0.05, 0.1) is 5.69 Å². The third-order valence-electron chi connectivity index (χ3n) is 4.74. The summed E-state index contributed by atoms with van der Waals surface area (Å²) in [6.45, 7) is 3.86. The Kier molecular flexibility index (Phi) is 5.00. The number of carbonyl (C=O) groups is 1. The first-order chi connectivity index (χ1) is 13.5. The fraction of sp³-hybridized carbons (Fsp3) is 0.250. The number of piperazine rings is 1. The minimum atomic E-state index is -0.387. The molecule has 0 N–H and O–H groups in total. The van der Waals surface area contributed by atoms with E-state index in [1.807, 2.05) is 21.9 Å². The molecule has 28 heavy (non-hydrogen) atoms. The highest BCUT2D eigenvalue weighted by atomic mass is 35.5. The van der Waals surface area contributed by atoms with Gasteiger partial charge in [0, 0.05) is 42.3 Å². The van der Waals surface area contributed by atoms with Crippen LogP contribution in [0.2, 0.25) is 5.02 Å². The molecule has 0 radical (unpaired) electrons. The van der Waals surface area contributed by atoms with Gasteiger partial charge >= 0.3 is 6.01 Å². The lowest BCUT2D eigenvalue weighted by Crippen LogP contribution is -2.47. The lowest BCUT2D eigenvalue weighted by Gasteiger charge is -2.35. The number of hydrogen-bond donors (Lipinski definition) is 0. The molecule has 1 aliphatic rings. The van der Waals surface area contributed by atoms with Gasteiger partial charge in [-0.25, -0.2) is 4.39 Å². The molecular weight excluding hydrogens is 383 g/mol. The highest BCUT2D eigenvalue weighted by Gasteiger charge is 2.23. The number of rotatable bonds is 4. The number of halogens is 2. The summed E-state index contributed by atoms with van der Waals surface area (Å²) in [5.41, 5.74) is 1.66. The fourth-order valence-corrected chi connectivity index (χ4v) is 3.40. The van der Waals surface area contributed by atoms with Crippen molar-refractivity contribution in [3.05, 3.63) is 58.9 Å². The Labute approximate surface area is 166 Å². The second-order valence-electron chi connectivity index (χ2n) is 6.61. The van der Waals surface area contributed by atoms with Crippen LogP contribution in [0, 0.1) is 5.82 Å². The molecule has 1 aromatic heterocycles. The predicted octanol–water partition coefficient (Wildman–Crippen LogP) is 4.06. The van der Waals surface area contributed by atoms with Crippen LogP contribution >= 0.6 is 11.6 Å². The molecule has 0 atom stereocenters. The number of anilines is 2. The van der Waals surface area contributed by atoms with Crippen molar-refractivity contribution in [2.75, 3.05) is 36.0 Å². The van der Waals surface area contributed by atoms with E-state index < -0.39 is 0 Å². The average Bonchev–Trinajstić information content (AvgIpc) is 3.18. The van der Waals surface area contributed by atoms with Crippen LogP contribution in [0.25, 0.3) is 11.4 Å². The summed E-state index contributed by atoms with van der Waals surface area (Å²) < 4.78 is 19.8. The molecule has 1 saturated heterocycles. The van der Waals surface area contributed by atoms with Gasteiger partial charge < -0.3 is 14.3 Å². The number of carbonyl (C=O) groups excluding carboxylic acids is 1. The monoisotopic (exact) mass is 400 g/mol. The Morgan fingerprint density at radius 3 is 2.54 bits per heavy atom. The van der Waals surface area contributed by atoms with Crippen LogP contribution in [-0.4, -0.2) is 42.1 Å². The zero-order valence-corrected chi connectivity index (χ0v) is 16.0. The van der Waals surface area contributed by atoms with Crippen LogP contribution in [-0.2, 0) is 0 Å². The van der Waals surface area contributed by atoms with E-state index in [4.69, 9.17) is 16.1 Å². The number of hydrogen-bond acceptors (Lipinski definition) is 6. The molecule has 3 aromatic rings. The van der Waals surface area contributed by atoms with Gasteiger partial charge in [-0.1, -0.05) is 28.9 Å². The highest BCUT2D eigenvalue weighted by Crippen LogP contribution is 2.26. The number of Topliss-reactive ketones (excluding diaryl/α,β-unsaturated/α-hetero) is 1. The van der Waals surface area contributed by atoms with E-state index in [2.05, 4.69) is 10.1 Å². The molecule has 8 heteroatoms. The Balaban J connectivity index is 1.44. The van der Waals surface area contributed by atoms with Gasteiger partial charge in [-0.2, -0.15) is 4.98 Å². The number of ketones is 1. The van der Waals surface area contributed by atoms with Gasteiger partial charge in [0.1, 0.15) is 5.82 Å². The van der Waals surface area contributed by atoms with Crippen molar-refractivity contribution < 1.29 is 13.7 Å². The highest BCUT2D eigenvalue weighted by molar-refractivity contribution is 6.30. The lowest BCUT2D eigenvalue weighted by atomic mass is 10.1. The molecule has 0 bridgehead atoms. The molecule has 0 amide bonds. The molecule has 0 unspecified atom stereocenters. The van der Waals surface area contributed by atoms with Gasteiger partial charge in [0.25, 0.3) is 0 Å². The van der Waals surface area contributed by atoms with Crippen LogP contribution in [0.15, 0.2) is 47.0 Å². The molecule has 0 aliphatic carbocycles. The Morgan fingerprint density at radius 1 is 1.11 bits per heavy atom. The van der Waals surface area contributed by atoms with Gasteiger partial charge in [-0.05, 0) is 37.3 Å². The zero-order valence-electron chi connectivity index (χ0n) is 15.2. The normalized spacial score (nSPS) is 14.4. The summed E-state index contributed by atoms with van der Waals surface area (Å²) in [4.78, 5) is 19.8. The third-order valence-corrected chi connectivity index (χ3v) is 4.98. The second kappa shape index (κ2) is 7.59. The van der Waals surface area contributed by atoms with Crippen molar-refractivity contribution in [1.29, 1.82) is 0 Å². The summed E-state index contributed by atoms with van der Waals surface area (Å²) in [6.07, 6.45) is 0.